The number of hydrogen-bond donors (Lipinski definition) is 3. The molecular weight excluding hydrogens is 244 g/mol. The van der Waals surface area contributed by atoms with Gasteiger partial charge in [-0.2, -0.15) is 0 Å². The predicted molar refractivity (Wildman–Crippen MR) is 73.5 cm³/mol. The van der Waals surface area contributed by atoms with E-state index in [-0.39, 0.29) is 23.3 Å². The third kappa shape index (κ3) is 5.19. The van der Waals surface area contributed by atoms with Gasteiger partial charge in [-0.25, -0.2) is 0 Å². The van der Waals surface area contributed by atoms with E-state index in [4.69, 9.17) is 0 Å². The second-order valence-electron chi connectivity index (χ2n) is 6.12. The van der Waals surface area contributed by atoms with Crippen LogP contribution in [0.3, 0.4) is 0 Å². The van der Waals surface area contributed by atoms with Gasteiger partial charge in [0.15, 0.2) is 0 Å². The molecular formula is C14H26N2O3. The normalized spacial score (nSPS) is 18.6. The van der Waals surface area contributed by atoms with Gasteiger partial charge in [-0.05, 0) is 40.0 Å². The number of carbonyl (C=O) groups excluding carboxylic acids is 2. The monoisotopic (exact) mass is 270 g/mol. The Balaban J connectivity index is 2.59. The number of aliphatic hydroxyl groups excluding tert-OH is 1. The van der Waals surface area contributed by atoms with Crippen molar-refractivity contribution in [1.29, 1.82) is 0 Å². The molecule has 0 aromatic heterocycles. The van der Waals surface area contributed by atoms with Crippen LogP contribution in [0.4, 0.5) is 0 Å². The molecule has 0 spiro atoms. The van der Waals surface area contributed by atoms with Crippen LogP contribution in [0.5, 0.6) is 0 Å². The summed E-state index contributed by atoms with van der Waals surface area (Å²) in [5.74, 6) is -0.422. The largest absolute Gasteiger partial charge is 0.391 e. The molecule has 19 heavy (non-hydrogen) atoms. The minimum Gasteiger partial charge on any atom is -0.391 e. The van der Waals surface area contributed by atoms with Crippen molar-refractivity contribution in [3.63, 3.8) is 0 Å². The fourth-order valence-electron chi connectivity index (χ4n) is 2.12. The van der Waals surface area contributed by atoms with Gasteiger partial charge in [-0.15, -0.1) is 0 Å². The van der Waals surface area contributed by atoms with Crippen molar-refractivity contribution in [2.45, 2.75) is 71.1 Å². The van der Waals surface area contributed by atoms with Gasteiger partial charge >= 0.3 is 0 Å². The summed E-state index contributed by atoms with van der Waals surface area (Å²) in [6.07, 6.45) is 2.66. The van der Waals surface area contributed by atoms with E-state index in [1.807, 2.05) is 13.8 Å². The second-order valence-corrected chi connectivity index (χ2v) is 6.12. The van der Waals surface area contributed by atoms with Crippen LogP contribution in [-0.4, -0.2) is 34.6 Å². The lowest BCUT2D eigenvalue weighted by Crippen LogP contribution is -2.57. The summed E-state index contributed by atoms with van der Waals surface area (Å²) in [6.45, 7) is 7.45. The van der Waals surface area contributed by atoms with E-state index in [0.29, 0.717) is 0 Å². The Hall–Kier alpha value is -1.10. The van der Waals surface area contributed by atoms with Gasteiger partial charge in [0.1, 0.15) is 6.04 Å². The van der Waals surface area contributed by atoms with Crippen molar-refractivity contribution in [2.24, 2.45) is 5.92 Å². The first-order valence-electron chi connectivity index (χ1n) is 7.07. The number of hydrogen-bond acceptors (Lipinski definition) is 3. The molecule has 0 radical (unpaired) electrons. The van der Waals surface area contributed by atoms with E-state index < -0.39 is 12.1 Å². The van der Waals surface area contributed by atoms with E-state index in [2.05, 4.69) is 17.6 Å². The van der Waals surface area contributed by atoms with Crippen LogP contribution in [-0.2, 0) is 9.59 Å². The van der Waals surface area contributed by atoms with Gasteiger partial charge in [-0.3, -0.25) is 9.59 Å². The van der Waals surface area contributed by atoms with Crippen molar-refractivity contribution in [1.82, 2.24) is 10.6 Å². The standard InChI is InChI=1S/C14H26N2O3/c1-5-8-14(3,4)16-13(19)11(9(2)17)15-12(18)10-6-7-10/h9-11,17H,5-8H2,1-4H3,(H,15,18)(H,16,19). The number of nitrogens with one attached hydrogen (secondary N) is 2. The Morgan fingerprint density at radius 1 is 1.37 bits per heavy atom. The van der Waals surface area contributed by atoms with Crippen molar-refractivity contribution < 1.29 is 14.7 Å². The van der Waals surface area contributed by atoms with Gasteiger partial charge < -0.3 is 15.7 Å². The van der Waals surface area contributed by atoms with E-state index in [1.165, 1.54) is 6.92 Å². The summed E-state index contributed by atoms with van der Waals surface area (Å²) in [6, 6.07) is -0.871. The molecule has 0 aliphatic heterocycles. The smallest absolute Gasteiger partial charge is 0.245 e. The molecule has 1 rings (SSSR count). The number of aliphatic hydroxyl groups is 1. The summed E-state index contributed by atoms with van der Waals surface area (Å²) < 4.78 is 0. The highest BCUT2D eigenvalue weighted by atomic mass is 16.3. The topological polar surface area (TPSA) is 78.4 Å². The third-order valence-electron chi connectivity index (χ3n) is 3.35. The molecule has 2 atom stereocenters. The van der Waals surface area contributed by atoms with Crippen LogP contribution in [0, 0.1) is 5.92 Å². The molecule has 3 N–H and O–H groups in total. The maximum atomic E-state index is 12.2. The lowest BCUT2D eigenvalue weighted by molar-refractivity contribution is -0.133. The molecule has 1 saturated carbocycles. The molecule has 0 bridgehead atoms. The van der Waals surface area contributed by atoms with Crippen molar-refractivity contribution in [2.75, 3.05) is 0 Å². The van der Waals surface area contributed by atoms with Gasteiger partial charge in [0.05, 0.1) is 6.10 Å². The lowest BCUT2D eigenvalue weighted by Gasteiger charge is -2.29. The average molecular weight is 270 g/mol. The molecule has 1 aliphatic rings. The summed E-state index contributed by atoms with van der Waals surface area (Å²) in [4.78, 5) is 23.9. The van der Waals surface area contributed by atoms with Crippen LogP contribution in [0.1, 0.15) is 53.4 Å². The van der Waals surface area contributed by atoms with Gasteiger partial charge in [0.2, 0.25) is 11.8 Å². The molecule has 1 fully saturated rings. The Labute approximate surface area is 115 Å². The SMILES string of the molecule is CCCC(C)(C)NC(=O)C(NC(=O)C1CC1)C(C)O. The maximum absolute atomic E-state index is 12.2. The first-order chi connectivity index (χ1) is 8.76. The minimum absolute atomic E-state index is 0.0257. The minimum atomic E-state index is -0.903. The van der Waals surface area contributed by atoms with Crippen molar-refractivity contribution in [3.05, 3.63) is 0 Å². The first-order valence-corrected chi connectivity index (χ1v) is 7.07. The molecule has 0 aromatic rings. The Kier molecular flexibility index (Phi) is 5.35. The van der Waals surface area contributed by atoms with Crippen LogP contribution in [0.2, 0.25) is 0 Å². The molecule has 0 heterocycles. The highest BCUT2D eigenvalue weighted by molar-refractivity contribution is 5.90. The molecule has 5 nitrogen and oxygen atoms in total. The van der Waals surface area contributed by atoms with Crippen LogP contribution < -0.4 is 10.6 Å². The highest BCUT2D eigenvalue weighted by Gasteiger charge is 2.35. The quantitative estimate of drug-likeness (QED) is 0.644. The summed E-state index contributed by atoms with van der Waals surface area (Å²) in [5, 5.41) is 15.2. The lowest BCUT2D eigenvalue weighted by atomic mass is 9.98. The van der Waals surface area contributed by atoms with Gasteiger partial charge in [0, 0.05) is 11.5 Å². The first kappa shape index (κ1) is 16.0. The van der Waals surface area contributed by atoms with Gasteiger partial charge in [0.25, 0.3) is 0 Å². The second kappa shape index (κ2) is 6.37. The zero-order valence-corrected chi connectivity index (χ0v) is 12.3. The highest BCUT2D eigenvalue weighted by Crippen LogP contribution is 2.29. The Morgan fingerprint density at radius 2 is 1.95 bits per heavy atom. The zero-order chi connectivity index (χ0) is 14.6. The van der Waals surface area contributed by atoms with E-state index in [9.17, 15) is 14.7 Å². The average Bonchev–Trinajstić information content (AvgIpc) is 3.07. The van der Waals surface area contributed by atoms with E-state index >= 15 is 0 Å². The Bertz CT molecular complexity index is 336. The van der Waals surface area contributed by atoms with Crippen LogP contribution >= 0.6 is 0 Å². The number of rotatable bonds is 7. The molecule has 1 aliphatic carbocycles. The molecule has 0 saturated heterocycles. The predicted octanol–water partition coefficient (Wildman–Crippen LogP) is 0.957. The van der Waals surface area contributed by atoms with Crippen LogP contribution in [0.15, 0.2) is 0 Å². The molecule has 2 unspecified atom stereocenters. The third-order valence-corrected chi connectivity index (χ3v) is 3.35. The summed E-state index contributed by atoms with van der Waals surface area (Å²) in [5.41, 5.74) is -0.330. The van der Waals surface area contributed by atoms with Crippen LogP contribution in [0.25, 0.3) is 0 Å². The van der Waals surface area contributed by atoms with E-state index in [1.54, 1.807) is 0 Å². The molecule has 110 valence electrons. The Morgan fingerprint density at radius 3 is 2.37 bits per heavy atom. The van der Waals surface area contributed by atoms with Crippen molar-refractivity contribution in [3.8, 4) is 0 Å². The maximum Gasteiger partial charge on any atom is 0.245 e. The fourth-order valence-corrected chi connectivity index (χ4v) is 2.12. The molecule has 0 aromatic carbocycles. The summed E-state index contributed by atoms with van der Waals surface area (Å²) >= 11 is 0. The van der Waals surface area contributed by atoms with E-state index in [0.717, 1.165) is 25.7 Å². The number of carbonyl (C=O) groups is 2. The fraction of sp³-hybridized carbons (Fsp3) is 0.857. The zero-order valence-electron chi connectivity index (χ0n) is 12.3. The van der Waals surface area contributed by atoms with Crippen molar-refractivity contribution >= 4 is 11.8 Å². The summed E-state index contributed by atoms with van der Waals surface area (Å²) in [7, 11) is 0. The molecule has 5 heteroatoms. The van der Waals surface area contributed by atoms with Gasteiger partial charge in [-0.1, -0.05) is 13.3 Å². The molecule has 2 amide bonds. The number of amides is 2.